The predicted molar refractivity (Wildman–Crippen MR) is 73.7 cm³/mol. The average Bonchev–Trinajstić information content (AvgIpc) is 2.85. The minimum Gasteiger partial charge on any atom is -0.496 e. The number of nitrogens with one attached hydrogen (secondary N) is 1. The average molecular weight is 267 g/mol. The summed E-state index contributed by atoms with van der Waals surface area (Å²) in [5.74, 6) is 1.30. The van der Waals surface area contributed by atoms with E-state index >= 15 is 0 Å². The lowest BCUT2D eigenvalue weighted by atomic mass is 9.88. The molecule has 1 aliphatic heterocycles. The zero-order valence-electron chi connectivity index (χ0n) is 12.0. The summed E-state index contributed by atoms with van der Waals surface area (Å²) < 4.78 is 24.4. The van der Waals surface area contributed by atoms with Gasteiger partial charge in [0.1, 0.15) is 17.7 Å². The second kappa shape index (κ2) is 5.37. The third-order valence-electron chi connectivity index (χ3n) is 3.94. The summed E-state index contributed by atoms with van der Waals surface area (Å²) in [7, 11) is 3.19. The van der Waals surface area contributed by atoms with E-state index in [-0.39, 0.29) is 5.54 Å². The molecule has 4 heteroatoms. The van der Waals surface area contributed by atoms with E-state index in [1.54, 1.807) is 20.3 Å². The fraction of sp³-hybridized carbons (Fsp3) is 0.600. The lowest BCUT2D eigenvalue weighted by Crippen LogP contribution is -2.33. The van der Waals surface area contributed by atoms with Gasteiger partial charge >= 0.3 is 0 Å². The van der Waals surface area contributed by atoms with Gasteiger partial charge in [0.15, 0.2) is 0 Å². The lowest BCUT2D eigenvalue weighted by Gasteiger charge is -2.28. The number of rotatable bonds is 4. The van der Waals surface area contributed by atoms with Crippen molar-refractivity contribution in [3.8, 4) is 11.5 Å². The van der Waals surface area contributed by atoms with Crippen molar-refractivity contribution >= 4 is 0 Å². The van der Waals surface area contributed by atoms with Crippen molar-refractivity contribution in [2.45, 2.75) is 38.4 Å². The van der Waals surface area contributed by atoms with Crippen molar-refractivity contribution in [3.63, 3.8) is 0 Å². The Morgan fingerprint density at radius 1 is 1.26 bits per heavy atom. The second-order valence-corrected chi connectivity index (χ2v) is 5.27. The van der Waals surface area contributed by atoms with Crippen LogP contribution < -0.4 is 14.8 Å². The van der Waals surface area contributed by atoms with E-state index in [9.17, 15) is 4.39 Å². The van der Waals surface area contributed by atoms with Crippen molar-refractivity contribution in [1.29, 1.82) is 0 Å². The Labute approximate surface area is 114 Å². The Bertz CT molecular complexity index is 454. The van der Waals surface area contributed by atoms with Gasteiger partial charge in [0.2, 0.25) is 0 Å². The van der Waals surface area contributed by atoms with E-state index in [0.717, 1.165) is 30.7 Å². The summed E-state index contributed by atoms with van der Waals surface area (Å²) in [6.07, 6.45) is 1.09. The summed E-state index contributed by atoms with van der Waals surface area (Å²) in [5, 5.41) is 3.49. The standard InChI is InChI=1S/C15H22FNO2/c1-10(16)11-8-14(19-4)12(9-13(11)18-3)15(2)6-5-7-17-15/h8-10,17H,5-7H2,1-4H3. The lowest BCUT2D eigenvalue weighted by molar-refractivity contribution is 0.334. The van der Waals surface area contributed by atoms with Gasteiger partial charge in [-0.25, -0.2) is 4.39 Å². The van der Waals surface area contributed by atoms with Crippen LogP contribution in [0.2, 0.25) is 0 Å². The van der Waals surface area contributed by atoms with E-state index in [0.29, 0.717) is 11.3 Å². The molecule has 106 valence electrons. The number of ether oxygens (including phenoxy) is 2. The highest BCUT2D eigenvalue weighted by Gasteiger charge is 2.34. The number of halogens is 1. The zero-order valence-corrected chi connectivity index (χ0v) is 12.0. The third kappa shape index (κ3) is 2.54. The van der Waals surface area contributed by atoms with Crippen LogP contribution in [0.15, 0.2) is 12.1 Å². The largest absolute Gasteiger partial charge is 0.496 e. The van der Waals surface area contributed by atoms with Gasteiger partial charge in [0.25, 0.3) is 0 Å². The van der Waals surface area contributed by atoms with E-state index < -0.39 is 6.17 Å². The van der Waals surface area contributed by atoms with Crippen molar-refractivity contribution < 1.29 is 13.9 Å². The van der Waals surface area contributed by atoms with Gasteiger partial charge in [-0.05, 0) is 45.4 Å². The molecule has 1 aliphatic rings. The Kier molecular flexibility index (Phi) is 3.99. The van der Waals surface area contributed by atoms with Crippen LogP contribution in [0.3, 0.4) is 0 Å². The molecule has 1 aromatic rings. The van der Waals surface area contributed by atoms with Gasteiger partial charge in [0.05, 0.1) is 14.2 Å². The highest BCUT2D eigenvalue weighted by molar-refractivity contribution is 5.50. The fourth-order valence-electron chi connectivity index (χ4n) is 2.79. The summed E-state index contributed by atoms with van der Waals surface area (Å²) >= 11 is 0. The number of hydrogen-bond donors (Lipinski definition) is 1. The van der Waals surface area contributed by atoms with Gasteiger partial charge in [-0.3, -0.25) is 0 Å². The van der Waals surface area contributed by atoms with E-state index in [1.165, 1.54) is 6.92 Å². The van der Waals surface area contributed by atoms with Crippen molar-refractivity contribution in [3.05, 3.63) is 23.3 Å². The molecule has 0 aliphatic carbocycles. The number of hydrogen-bond acceptors (Lipinski definition) is 3. The molecule has 1 N–H and O–H groups in total. The molecule has 19 heavy (non-hydrogen) atoms. The molecule has 0 saturated carbocycles. The smallest absolute Gasteiger partial charge is 0.126 e. The molecule has 2 atom stereocenters. The molecule has 1 fully saturated rings. The Morgan fingerprint density at radius 2 is 1.95 bits per heavy atom. The minimum atomic E-state index is -1.08. The predicted octanol–water partition coefficient (Wildman–Crippen LogP) is 3.33. The zero-order chi connectivity index (χ0) is 14.0. The molecule has 0 amide bonds. The molecule has 2 rings (SSSR count). The third-order valence-corrected chi connectivity index (χ3v) is 3.94. The minimum absolute atomic E-state index is 0.128. The molecular formula is C15H22FNO2. The van der Waals surface area contributed by atoms with E-state index in [2.05, 4.69) is 12.2 Å². The van der Waals surface area contributed by atoms with Gasteiger partial charge in [-0.2, -0.15) is 0 Å². The first-order valence-electron chi connectivity index (χ1n) is 6.67. The molecule has 3 nitrogen and oxygen atoms in total. The normalized spacial score (nSPS) is 24.3. The van der Waals surface area contributed by atoms with Crippen LogP contribution in [-0.2, 0) is 5.54 Å². The van der Waals surface area contributed by atoms with Crippen LogP contribution in [0.1, 0.15) is 44.0 Å². The van der Waals surface area contributed by atoms with Crippen LogP contribution in [0.25, 0.3) is 0 Å². The van der Waals surface area contributed by atoms with Crippen molar-refractivity contribution in [2.75, 3.05) is 20.8 Å². The molecule has 2 unspecified atom stereocenters. The first-order valence-corrected chi connectivity index (χ1v) is 6.67. The molecule has 1 aromatic carbocycles. The van der Waals surface area contributed by atoms with Crippen LogP contribution in [0.4, 0.5) is 4.39 Å². The quantitative estimate of drug-likeness (QED) is 0.907. The molecule has 1 heterocycles. The van der Waals surface area contributed by atoms with Crippen LogP contribution >= 0.6 is 0 Å². The van der Waals surface area contributed by atoms with Gasteiger partial charge in [0, 0.05) is 16.7 Å². The fourth-order valence-corrected chi connectivity index (χ4v) is 2.79. The Morgan fingerprint density at radius 3 is 2.42 bits per heavy atom. The van der Waals surface area contributed by atoms with E-state index in [1.807, 2.05) is 6.07 Å². The molecule has 0 aromatic heterocycles. The summed E-state index contributed by atoms with van der Waals surface area (Å²) in [4.78, 5) is 0. The van der Waals surface area contributed by atoms with Gasteiger partial charge < -0.3 is 14.8 Å². The molecule has 0 radical (unpaired) electrons. The first kappa shape index (κ1) is 14.1. The Hall–Kier alpha value is -1.29. The maximum atomic E-state index is 13.7. The maximum Gasteiger partial charge on any atom is 0.126 e. The topological polar surface area (TPSA) is 30.5 Å². The van der Waals surface area contributed by atoms with Crippen molar-refractivity contribution in [2.24, 2.45) is 0 Å². The molecular weight excluding hydrogens is 245 g/mol. The number of alkyl halides is 1. The molecule has 0 bridgehead atoms. The second-order valence-electron chi connectivity index (χ2n) is 5.27. The van der Waals surface area contributed by atoms with Gasteiger partial charge in [-0.1, -0.05) is 0 Å². The summed E-state index contributed by atoms with van der Waals surface area (Å²) in [6.45, 7) is 4.64. The van der Waals surface area contributed by atoms with Crippen molar-refractivity contribution in [1.82, 2.24) is 5.32 Å². The Balaban J connectivity index is 2.54. The summed E-state index contributed by atoms with van der Waals surface area (Å²) in [6, 6.07) is 3.66. The monoisotopic (exact) mass is 267 g/mol. The highest BCUT2D eigenvalue weighted by Crippen LogP contribution is 2.41. The highest BCUT2D eigenvalue weighted by atomic mass is 19.1. The summed E-state index contributed by atoms with van der Waals surface area (Å²) in [5.41, 5.74) is 1.44. The molecule has 1 saturated heterocycles. The first-order chi connectivity index (χ1) is 9.01. The maximum absolute atomic E-state index is 13.7. The van der Waals surface area contributed by atoms with Crippen LogP contribution in [0.5, 0.6) is 11.5 Å². The SMILES string of the molecule is COc1cc(C2(C)CCCN2)c(OC)cc1C(C)F. The van der Waals surface area contributed by atoms with Crippen LogP contribution in [-0.4, -0.2) is 20.8 Å². The van der Waals surface area contributed by atoms with Gasteiger partial charge in [-0.15, -0.1) is 0 Å². The number of benzene rings is 1. The molecule has 0 spiro atoms. The van der Waals surface area contributed by atoms with E-state index in [4.69, 9.17) is 9.47 Å². The van der Waals surface area contributed by atoms with Crippen LogP contribution in [0, 0.1) is 0 Å². The number of methoxy groups -OCH3 is 2.